The van der Waals surface area contributed by atoms with Crippen LogP contribution in [0.2, 0.25) is 0 Å². The van der Waals surface area contributed by atoms with Crippen molar-refractivity contribution in [2.24, 2.45) is 7.05 Å². The Morgan fingerprint density at radius 1 is 1.35 bits per heavy atom. The number of alkyl halides is 3. The third kappa shape index (κ3) is 3.37. The summed E-state index contributed by atoms with van der Waals surface area (Å²) in [6.45, 7) is 0.693. The Morgan fingerprint density at radius 3 is 2.30 bits per heavy atom. The van der Waals surface area contributed by atoms with Crippen LogP contribution in [-0.2, 0) is 11.8 Å². The highest BCUT2D eigenvalue weighted by Crippen LogP contribution is 2.19. The van der Waals surface area contributed by atoms with E-state index in [1.165, 1.54) is 12.4 Å². The minimum Gasteiger partial charge on any atom is -0.478 e. The quantitative estimate of drug-likeness (QED) is 0.639. The topological polar surface area (TPSA) is 88.4 Å². The van der Waals surface area contributed by atoms with E-state index in [0.29, 0.717) is 6.92 Å². The molecular weight excluding hydrogens is 281 g/mol. The van der Waals surface area contributed by atoms with E-state index in [0.717, 1.165) is 16.8 Å². The smallest absolute Gasteiger partial charge is 0.408 e. The Labute approximate surface area is 111 Å². The molecule has 6 nitrogen and oxygen atoms in total. The molecule has 1 amide bonds. The third-order valence-corrected chi connectivity index (χ3v) is 2.53. The van der Waals surface area contributed by atoms with Crippen LogP contribution in [0.4, 0.5) is 13.2 Å². The summed E-state index contributed by atoms with van der Waals surface area (Å²) in [6, 6.07) is -1.26. The second kappa shape index (κ2) is 5.35. The van der Waals surface area contributed by atoms with Gasteiger partial charge < -0.3 is 15.0 Å². The van der Waals surface area contributed by atoms with E-state index in [4.69, 9.17) is 5.11 Å². The van der Waals surface area contributed by atoms with E-state index >= 15 is 0 Å². The van der Waals surface area contributed by atoms with Gasteiger partial charge in [-0.15, -0.1) is 0 Å². The van der Waals surface area contributed by atoms with Crippen LogP contribution < -0.4 is 5.32 Å². The van der Waals surface area contributed by atoms with Gasteiger partial charge in [0.2, 0.25) is 0 Å². The van der Waals surface area contributed by atoms with Gasteiger partial charge in [0.25, 0.3) is 11.7 Å². The average Bonchev–Trinajstić information content (AvgIpc) is 2.69. The van der Waals surface area contributed by atoms with Gasteiger partial charge in [-0.2, -0.15) is 13.2 Å². The molecule has 1 aromatic heterocycles. The van der Waals surface area contributed by atoms with E-state index in [2.05, 4.69) is 0 Å². The zero-order valence-electron chi connectivity index (χ0n) is 10.5. The maximum atomic E-state index is 12.3. The fraction of sp³-hybridized carbons (Fsp3) is 0.364. The van der Waals surface area contributed by atoms with Crippen molar-refractivity contribution in [3.63, 3.8) is 0 Å². The Balaban J connectivity index is 2.90. The van der Waals surface area contributed by atoms with Gasteiger partial charge in [-0.3, -0.25) is 9.59 Å². The number of aryl methyl sites for hydroxylation is 1. The molecule has 0 radical (unpaired) electrons. The molecule has 1 rings (SSSR count). The monoisotopic (exact) mass is 292 g/mol. The Hall–Kier alpha value is -2.32. The van der Waals surface area contributed by atoms with Gasteiger partial charge in [-0.05, 0) is 13.0 Å². The van der Waals surface area contributed by atoms with Crippen LogP contribution in [0.15, 0.2) is 12.3 Å². The first-order valence-corrected chi connectivity index (χ1v) is 5.35. The molecule has 0 aromatic carbocycles. The highest BCUT2D eigenvalue weighted by molar-refractivity contribution is 6.42. The number of Topliss-reactive ketones (excluding diaryl/α,β-unsaturated/α-hetero) is 1. The number of carbonyl (C=O) groups is 3. The minimum absolute atomic E-state index is 0.243. The Morgan fingerprint density at radius 2 is 1.90 bits per heavy atom. The van der Waals surface area contributed by atoms with Crippen LogP contribution in [0.3, 0.4) is 0 Å². The van der Waals surface area contributed by atoms with E-state index in [1.54, 1.807) is 0 Å². The number of carbonyl (C=O) groups excluding carboxylic acids is 2. The molecule has 1 atom stereocenters. The lowest BCUT2D eigenvalue weighted by Gasteiger charge is -2.16. The largest absolute Gasteiger partial charge is 0.478 e. The van der Waals surface area contributed by atoms with Gasteiger partial charge in [0.15, 0.2) is 0 Å². The van der Waals surface area contributed by atoms with Crippen LogP contribution in [0.25, 0.3) is 0 Å². The number of ketones is 1. The number of carboxylic acids is 1. The number of hydrogen-bond acceptors (Lipinski definition) is 3. The second-order valence-electron chi connectivity index (χ2n) is 4.10. The summed E-state index contributed by atoms with van der Waals surface area (Å²) in [5.41, 5.74) is -0.554. The first-order chi connectivity index (χ1) is 9.04. The van der Waals surface area contributed by atoms with Gasteiger partial charge in [-0.25, -0.2) is 4.79 Å². The number of nitrogens with one attached hydrogen (secondary N) is 1. The van der Waals surface area contributed by atoms with Crippen LogP contribution in [0.5, 0.6) is 0 Å². The summed E-state index contributed by atoms with van der Waals surface area (Å²) < 4.78 is 37.8. The number of hydrogen-bond donors (Lipinski definition) is 2. The van der Waals surface area contributed by atoms with Gasteiger partial charge in [0.1, 0.15) is 6.04 Å². The lowest BCUT2D eigenvalue weighted by Crippen LogP contribution is -2.46. The van der Waals surface area contributed by atoms with Gasteiger partial charge >= 0.3 is 12.1 Å². The lowest BCUT2D eigenvalue weighted by molar-refractivity contribution is -0.156. The number of aromatic carboxylic acids is 1. The van der Waals surface area contributed by atoms with Crippen molar-refractivity contribution in [1.29, 1.82) is 0 Å². The normalized spacial score (nSPS) is 12.8. The van der Waals surface area contributed by atoms with Crippen molar-refractivity contribution in [2.75, 3.05) is 0 Å². The molecule has 0 aliphatic rings. The van der Waals surface area contributed by atoms with Crippen LogP contribution >= 0.6 is 0 Å². The molecule has 0 spiro atoms. The van der Waals surface area contributed by atoms with Crippen LogP contribution in [-0.4, -0.2) is 39.6 Å². The molecule has 0 aliphatic carbocycles. The molecule has 1 heterocycles. The van der Waals surface area contributed by atoms with E-state index in [9.17, 15) is 27.6 Å². The highest BCUT2D eigenvalue weighted by Gasteiger charge is 2.38. The molecule has 9 heteroatoms. The summed E-state index contributed by atoms with van der Waals surface area (Å²) in [7, 11) is 1.31. The van der Waals surface area contributed by atoms with Crippen molar-refractivity contribution in [3.8, 4) is 0 Å². The lowest BCUT2D eigenvalue weighted by atomic mass is 10.2. The number of carboxylic acid groups (broad SMARTS) is 1. The molecule has 1 unspecified atom stereocenters. The minimum atomic E-state index is -4.67. The summed E-state index contributed by atoms with van der Waals surface area (Å²) in [5.74, 6) is -4.01. The summed E-state index contributed by atoms with van der Waals surface area (Å²) in [6.07, 6.45) is -3.59. The first-order valence-electron chi connectivity index (χ1n) is 5.35. The van der Waals surface area contributed by atoms with Crippen molar-refractivity contribution in [1.82, 2.24) is 9.88 Å². The number of nitrogens with zero attached hydrogens (tertiary/aromatic N) is 1. The van der Waals surface area contributed by atoms with E-state index in [-0.39, 0.29) is 11.3 Å². The highest BCUT2D eigenvalue weighted by atomic mass is 19.4. The van der Waals surface area contributed by atoms with Gasteiger partial charge in [-0.1, -0.05) is 0 Å². The molecule has 2 N–H and O–H groups in total. The molecule has 20 heavy (non-hydrogen) atoms. The number of halogens is 3. The number of rotatable bonds is 4. The standard InChI is InChI=1S/C11H11F3N2O4/c1-5(11(12,13)14)15-9(18)8(17)7-3-6(10(19)20)4-16(7)2/h3-5H,1-2H3,(H,15,18)(H,19,20). The molecular formula is C11H11F3N2O4. The van der Waals surface area contributed by atoms with Crippen LogP contribution in [0.1, 0.15) is 27.8 Å². The van der Waals surface area contributed by atoms with Gasteiger partial charge in [0.05, 0.1) is 11.3 Å². The molecule has 110 valence electrons. The molecule has 0 saturated heterocycles. The van der Waals surface area contributed by atoms with Crippen molar-refractivity contribution in [2.45, 2.75) is 19.1 Å². The molecule has 0 fully saturated rings. The van der Waals surface area contributed by atoms with E-state index < -0.39 is 29.9 Å². The summed E-state index contributed by atoms with van der Waals surface area (Å²) >= 11 is 0. The van der Waals surface area contributed by atoms with Crippen molar-refractivity contribution >= 4 is 17.7 Å². The number of aromatic nitrogens is 1. The van der Waals surface area contributed by atoms with Crippen molar-refractivity contribution in [3.05, 3.63) is 23.5 Å². The third-order valence-electron chi connectivity index (χ3n) is 2.53. The molecule has 0 saturated carbocycles. The van der Waals surface area contributed by atoms with Crippen molar-refractivity contribution < 1.29 is 32.7 Å². The maximum absolute atomic E-state index is 12.3. The SMILES string of the molecule is CC(NC(=O)C(=O)c1cc(C(=O)O)cn1C)C(F)(F)F. The van der Waals surface area contributed by atoms with Crippen LogP contribution in [0, 0.1) is 0 Å². The predicted octanol–water partition coefficient (Wildman–Crippen LogP) is 0.973. The molecule has 1 aromatic rings. The maximum Gasteiger partial charge on any atom is 0.408 e. The fourth-order valence-corrected chi connectivity index (χ4v) is 1.37. The molecule has 0 bridgehead atoms. The average molecular weight is 292 g/mol. The fourth-order valence-electron chi connectivity index (χ4n) is 1.37. The Kier molecular flexibility index (Phi) is 4.21. The molecule has 0 aliphatic heterocycles. The zero-order valence-corrected chi connectivity index (χ0v) is 10.5. The second-order valence-corrected chi connectivity index (χ2v) is 4.10. The number of amides is 1. The summed E-state index contributed by atoms with van der Waals surface area (Å²) in [4.78, 5) is 33.8. The first kappa shape index (κ1) is 15.7. The Bertz CT molecular complexity index is 563. The summed E-state index contributed by atoms with van der Waals surface area (Å²) in [5, 5.41) is 10.2. The van der Waals surface area contributed by atoms with E-state index in [1.807, 2.05) is 0 Å². The van der Waals surface area contributed by atoms with Gasteiger partial charge in [0, 0.05) is 13.2 Å². The zero-order chi connectivity index (χ0) is 15.7. The predicted molar refractivity (Wildman–Crippen MR) is 60.4 cm³/mol.